The van der Waals surface area contributed by atoms with Gasteiger partial charge in [0.2, 0.25) is 0 Å². The molecule has 3 nitrogen and oxygen atoms in total. The lowest BCUT2D eigenvalue weighted by molar-refractivity contribution is 0.669. The molecule has 0 saturated carbocycles. The maximum Gasteiger partial charge on any atom is 0.136 e. The monoisotopic (exact) mass is 766 g/mol. The van der Waals surface area contributed by atoms with Gasteiger partial charge in [-0.2, -0.15) is 0 Å². The number of fused-ring (bicyclic) bond motifs is 6. The summed E-state index contributed by atoms with van der Waals surface area (Å²) >= 11 is 0. The van der Waals surface area contributed by atoms with Crippen LogP contribution >= 0.6 is 0 Å². The molecule has 8 heteroatoms. The van der Waals surface area contributed by atoms with Crippen LogP contribution in [0.3, 0.4) is 0 Å². The van der Waals surface area contributed by atoms with Gasteiger partial charge in [0, 0.05) is 16.3 Å². The van der Waals surface area contributed by atoms with E-state index >= 15 is 0 Å². The number of rotatable bonds is 7. The molecule has 0 aliphatic rings. The summed E-state index contributed by atoms with van der Waals surface area (Å²) in [7, 11) is 31.8. The summed E-state index contributed by atoms with van der Waals surface area (Å²) in [6.45, 7) is 0. The smallest absolute Gasteiger partial charge is 0.136 e. The fourth-order valence-electron chi connectivity index (χ4n) is 9.04. The Morgan fingerprint density at radius 3 is 1.80 bits per heavy atom. The second-order valence-electron chi connectivity index (χ2n) is 15.9. The third-order valence-corrected chi connectivity index (χ3v) is 12.1. The van der Waals surface area contributed by atoms with Crippen molar-refractivity contribution in [3.8, 4) is 50.2 Å². The average Bonchev–Trinajstić information content (AvgIpc) is 3.88. The number of imidazole rings is 1. The fourth-order valence-corrected chi connectivity index (χ4v) is 9.04. The lowest BCUT2D eigenvalue weighted by Gasteiger charge is -2.41. The van der Waals surface area contributed by atoms with Crippen LogP contribution < -0.4 is 0 Å². The molecule has 10 radical (unpaired) electrons. The predicted molar refractivity (Wildman–Crippen MR) is 258 cm³/mol. The molecule has 9 aromatic carbocycles. The van der Waals surface area contributed by atoms with E-state index in [1.165, 1.54) is 5.56 Å². The summed E-state index contributed by atoms with van der Waals surface area (Å²) in [4.78, 5) is 4.82. The highest BCUT2D eigenvalue weighted by molar-refractivity contribution is 6.67. The van der Waals surface area contributed by atoms with Crippen molar-refractivity contribution in [1.29, 1.82) is 0 Å². The summed E-state index contributed by atoms with van der Waals surface area (Å²) < 4.78 is 8.34. The minimum Gasteiger partial charge on any atom is -0.456 e. The summed E-state index contributed by atoms with van der Waals surface area (Å²) in [5.41, 5.74) is 12.8. The molecular weight excluding hydrogens is 735 g/mol. The van der Waals surface area contributed by atoms with Gasteiger partial charge in [0.05, 0.1) is 56.0 Å². The van der Waals surface area contributed by atoms with Crippen molar-refractivity contribution in [1.82, 2.24) is 9.55 Å². The SMILES string of the molecule is [B]C([B])([B])C([B])([B])c1nc2ccccc2n1-c1ccccc1-c1ccc(-c2c3ccccc3c(-c3cccc4oc5ccccc5c34)c3cc(-c4ccccc4)ccc23)cc1. The van der Waals surface area contributed by atoms with E-state index in [-0.39, 0.29) is 5.82 Å². The zero-order valence-corrected chi connectivity index (χ0v) is 33.1. The molecule has 61 heavy (non-hydrogen) atoms. The largest absolute Gasteiger partial charge is 0.456 e. The summed E-state index contributed by atoms with van der Waals surface area (Å²) in [5, 5.41) is 2.97. The lowest BCUT2D eigenvalue weighted by atomic mass is 9.23. The molecule has 11 rings (SSSR count). The number of hydrogen-bond acceptors (Lipinski definition) is 2. The first-order valence-corrected chi connectivity index (χ1v) is 20.2. The Balaban J connectivity index is 1.14. The number of benzene rings is 9. The molecule has 0 saturated heterocycles. The van der Waals surface area contributed by atoms with Crippen molar-refractivity contribution < 1.29 is 4.42 Å². The number of nitrogens with zero attached hydrogens (tertiary/aromatic N) is 2. The third kappa shape index (κ3) is 5.91. The highest BCUT2D eigenvalue weighted by Gasteiger charge is 2.37. The Bertz CT molecular complexity index is 3490. The second kappa shape index (κ2) is 14.1. The van der Waals surface area contributed by atoms with E-state index in [9.17, 15) is 0 Å². The minimum atomic E-state index is -1.97. The van der Waals surface area contributed by atoms with E-state index in [0.29, 0.717) is 5.52 Å². The quantitative estimate of drug-likeness (QED) is 0.119. The summed E-state index contributed by atoms with van der Waals surface area (Å²) in [5.74, 6) is 0.247. The van der Waals surface area contributed by atoms with E-state index < -0.39 is 10.3 Å². The maximum atomic E-state index is 6.63. The molecule has 11 aromatic rings. The van der Waals surface area contributed by atoms with Crippen molar-refractivity contribution in [3.63, 3.8) is 0 Å². The van der Waals surface area contributed by atoms with E-state index in [1.807, 2.05) is 59.2 Å². The van der Waals surface area contributed by atoms with E-state index in [0.717, 1.165) is 93.6 Å². The van der Waals surface area contributed by atoms with Crippen LogP contribution in [-0.2, 0) is 5.21 Å². The molecule has 0 amide bonds. The Kier molecular flexibility index (Phi) is 8.58. The zero-order chi connectivity index (χ0) is 41.5. The molecule has 274 valence electrons. The van der Waals surface area contributed by atoms with Gasteiger partial charge in [-0.1, -0.05) is 157 Å². The molecular formula is C53H31B5N2O. The first-order valence-electron chi connectivity index (χ1n) is 20.2. The summed E-state index contributed by atoms with van der Waals surface area (Å²) in [6, 6.07) is 65.4. The Morgan fingerprint density at radius 2 is 1.02 bits per heavy atom. The van der Waals surface area contributed by atoms with Crippen molar-refractivity contribution >= 4 is 93.7 Å². The van der Waals surface area contributed by atoms with Gasteiger partial charge in [-0.15, -0.1) is 5.11 Å². The van der Waals surface area contributed by atoms with Crippen molar-refractivity contribution in [3.05, 3.63) is 194 Å². The molecule has 2 heterocycles. The first kappa shape index (κ1) is 37.1. The van der Waals surface area contributed by atoms with Crippen LogP contribution in [0.2, 0.25) is 5.11 Å². The van der Waals surface area contributed by atoms with Gasteiger partial charge in [0.1, 0.15) is 17.0 Å². The number of aromatic nitrogens is 2. The highest BCUT2D eigenvalue weighted by atomic mass is 16.3. The molecule has 2 aromatic heterocycles. The molecule has 0 fully saturated rings. The molecule has 0 bridgehead atoms. The van der Waals surface area contributed by atoms with Crippen LogP contribution in [0.4, 0.5) is 0 Å². The predicted octanol–water partition coefficient (Wildman–Crippen LogP) is 12.0. The van der Waals surface area contributed by atoms with Crippen LogP contribution in [0.5, 0.6) is 0 Å². The fraction of sp³-hybridized carbons (Fsp3) is 0.0377. The Hall–Kier alpha value is -6.91. The van der Waals surface area contributed by atoms with Crippen molar-refractivity contribution in [2.24, 2.45) is 0 Å². The average molecular weight is 766 g/mol. The maximum absolute atomic E-state index is 6.63. The number of hydrogen-bond donors (Lipinski definition) is 0. The highest BCUT2D eigenvalue weighted by Crippen LogP contribution is 2.48. The molecule has 0 unspecified atom stereocenters. The molecule has 0 N–H and O–H groups in total. The zero-order valence-electron chi connectivity index (χ0n) is 33.1. The number of para-hydroxylation sites is 4. The van der Waals surface area contributed by atoms with Crippen LogP contribution in [0.15, 0.2) is 192 Å². The van der Waals surface area contributed by atoms with Crippen LogP contribution in [-0.4, -0.2) is 48.8 Å². The van der Waals surface area contributed by atoms with E-state index in [4.69, 9.17) is 48.6 Å². The number of furan rings is 1. The van der Waals surface area contributed by atoms with Crippen molar-refractivity contribution in [2.45, 2.75) is 10.3 Å². The second-order valence-corrected chi connectivity index (χ2v) is 15.9. The molecule has 0 aliphatic heterocycles. The molecule has 0 atom stereocenters. The molecule has 0 spiro atoms. The minimum absolute atomic E-state index is 0.247. The Morgan fingerprint density at radius 1 is 0.426 bits per heavy atom. The van der Waals surface area contributed by atoms with Gasteiger partial charge in [0.15, 0.2) is 0 Å². The van der Waals surface area contributed by atoms with Crippen LogP contribution in [0.25, 0.3) is 105 Å². The van der Waals surface area contributed by atoms with Gasteiger partial charge >= 0.3 is 0 Å². The third-order valence-electron chi connectivity index (χ3n) is 12.1. The van der Waals surface area contributed by atoms with Crippen molar-refractivity contribution in [2.75, 3.05) is 0 Å². The van der Waals surface area contributed by atoms with Crippen LogP contribution in [0.1, 0.15) is 5.82 Å². The van der Waals surface area contributed by atoms with Gasteiger partial charge in [-0.25, -0.2) is 4.98 Å². The van der Waals surface area contributed by atoms with Gasteiger partial charge in [0.25, 0.3) is 0 Å². The standard InChI is InChI=1S/C53H31B5N2O/c54-52(55,53(56,57)58)51-59-43-20-8-10-22-45(43)60(51)44-21-9-6-15-36(44)33-25-27-34(28-26-33)48-37-16-4-5-17-38(37)49(42-31-35(29-30-39(42)48)32-13-2-1-3-14-32)41-19-12-24-47-50(41)40-18-7-11-23-46(40)61-47/h1-31H. The molecule has 0 aliphatic carbocycles. The van der Waals surface area contributed by atoms with Crippen LogP contribution in [0, 0.1) is 0 Å². The topological polar surface area (TPSA) is 31.0 Å². The normalized spacial score (nSPS) is 12.3. The first-order chi connectivity index (χ1) is 29.7. The van der Waals surface area contributed by atoms with Gasteiger partial charge in [-0.3, -0.25) is 4.57 Å². The van der Waals surface area contributed by atoms with Gasteiger partial charge in [-0.05, 0) is 96.9 Å². The van der Waals surface area contributed by atoms with E-state index in [2.05, 4.69) is 133 Å². The lowest BCUT2D eigenvalue weighted by Crippen LogP contribution is -2.45. The summed E-state index contributed by atoms with van der Waals surface area (Å²) in [6.07, 6.45) is 0. The Labute approximate surface area is 360 Å². The van der Waals surface area contributed by atoms with Gasteiger partial charge < -0.3 is 4.42 Å². The van der Waals surface area contributed by atoms with E-state index in [1.54, 1.807) is 0 Å².